The summed E-state index contributed by atoms with van der Waals surface area (Å²) in [5.74, 6) is 0. The summed E-state index contributed by atoms with van der Waals surface area (Å²) in [6.07, 6.45) is 0. The third-order valence-corrected chi connectivity index (χ3v) is 0. The second-order valence-corrected chi connectivity index (χ2v) is 0. The third-order valence-electron chi connectivity index (χ3n) is 0. The maximum atomic E-state index is 0. The van der Waals surface area contributed by atoms with Crippen molar-refractivity contribution in [2.75, 3.05) is 0 Å². The molecule has 1 radical (unpaired) electrons. The molecule has 0 bridgehead atoms. The van der Waals surface area contributed by atoms with Crippen LogP contribution in [0.4, 0.5) is 0 Å². The molecule has 0 saturated heterocycles. The quantitative estimate of drug-likeness (QED) is 0.361. The number of rotatable bonds is 0. The summed E-state index contributed by atoms with van der Waals surface area (Å²) in [5, 5.41) is 0. The standard InChI is InChI=1S/Al.Bi.Sr.Y.8H. The van der Waals surface area contributed by atoms with Gasteiger partial charge >= 0.3 is 71.7 Å². The second-order valence-electron chi connectivity index (χ2n) is 0. The zero-order valence-electron chi connectivity index (χ0n) is 1.28. The molecule has 0 nitrogen and oxygen atoms in total. The first-order valence-corrected chi connectivity index (χ1v) is 0. The summed E-state index contributed by atoms with van der Waals surface area (Å²) >= 11 is 0. The molecule has 0 fully saturated rings. The molecule has 0 rings (SSSR count). The van der Waals surface area contributed by atoms with Gasteiger partial charge < -0.3 is 0 Å². The molecular weight excluding hydrogens is 412 g/mol. The van der Waals surface area contributed by atoms with E-state index in [9.17, 15) is 0 Å². The van der Waals surface area contributed by atoms with E-state index in [1.807, 2.05) is 0 Å². The maximum Gasteiger partial charge on any atom is 0 e. The van der Waals surface area contributed by atoms with Crippen LogP contribution in [0.1, 0.15) is 0 Å². The van der Waals surface area contributed by atoms with Gasteiger partial charge in [0.1, 0.15) is 0 Å². The van der Waals surface area contributed by atoms with Crippen molar-refractivity contribution < 1.29 is 32.7 Å². The van der Waals surface area contributed by atoms with Crippen molar-refractivity contribution in [3.63, 3.8) is 0 Å². The van der Waals surface area contributed by atoms with Crippen LogP contribution in [0, 0.1) is 0 Å². The van der Waals surface area contributed by atoms with Gasteiger partial charge in [-0.2, -0.15) is 0 Å². The molecule has 0 aromatic carbocycles. The molecule has 4 heavy (non-hydrogen) atoms. The van der Waals surface area contributed by atoms with Crippen molar-refractivity contribution in [1.82, 2.24) is 0 Å². The second kappa shape index (κ2) is 15.8. The van der Waals surface area contributed by atoms with Gasteiger partial charge in [0.2, 0.25) is 0 Å². The first-order valence-electron chi connectivity index (χ1n) is 0. The van der Waals surface area contributed by atoms with Crippen molar-refractivity contribution in [3.8, 4) is 0 Å². The van der Waals surface area contributed by atoms with Crippen LogP contribution in [-0.4, -0.2) is 89.0 Å². The summed E-state index contributed by atoms with van der Waals surface area (Å²) in [7, 11) is 0. The van der Waals surface area contributed by atoms with Gasteiger partial charge in [0.15, 0.2) is 17.4 Å². The first-order chi connectivity index (χ1) is 0. The monoisotopic (exact) mass is 421 g/mol. The van der Waals surface area contributed by atoms with E-state index in [-0.39, 0.29) is 122 Å². The van der Waals surface area contributed by atoms with Crippen LogP contribution in [0.25, 0.3) is 0 Å². The first kappa shape index (κ1) is 24.5. The van der Waals surface area contributed by atoms with E-state index in [1.54, 1.807) is 0 Å². The molecule has 0 atom stereocenters. The molecule has 0 aromatic heterocycles. The molecule has 0 aromatic rings. The molecule has 0 spiro atoms. The Balaban J connectivity index is 0. The average Bonchev–Trinajstić information content (AvgIpc) is 0. The smallest absolute Gasteiger partial charge is 0 e. The molecule has 0 aliphatic rings. The normalized spacial score (nSPS) is 0. The van der Waals surface area contributed by atoms with E-state index in [0.29, 0.717) is 0 Å². The van der Waals surface area contributed by atoms with Gasteiger partial charge in [0.25, 0.3) is 0 Å². The van der Waals surface area contributed by atoms with Crippen LogP contribution in [0.3, 0.4) is 0 Å². The van der Waals surface area contributed by atoms with Crippen LogP contribution in [0.2, 0.25) is 0 Å². The van der Waals surface area contributed by atoms with Gasteiger partial charge in [0, 0.05) is 32.7 Å². The zero-order valence-corrected chi connectivity index (χ0v) is 9.62. The Morgan fingerprint density at radius 1 is 1.00 bits per heavy atom. The van der Waals surface area contributed by atoms with Crippen molar-refractivity contribution in [2.24, 2.45) is 0 Å². The van der Waals surface area contributed by atoms with Gasteiger partial charge in [-0.3, -0.25) is 0 Å². The van der Waals surface area contributed by atoms with Gasteiger partial charge in [0.05, 0.1) is 0 Å². The van der Waals surface area contributed by atoms with Crippen LogP contribution < -0.4 is 0 Å². The van der Waals surface area contributed by atoms with Crippen LogP contribution >= 0.6 is 0 Å². The van der Waals surface area contributed by atoms with E-state index in [4.69, 9.17) is 0 Å². The summed E-state index contributed by atoms with van der Waals surface area (Å²) in [6.45, 7) is 0. The minimum Gasteiger partial charge on any atom is 0 e. The van der Waals surface area contributed by atoms with Gasteiger partial charge in [-0.1, -0.05) is 0 Å². The molecule has 0 N–H and O–H groups in total. The molecule has 4 heteroatoms. The third kappa shape index (κ3) is 9.38. The Bertz CT molecular complexity index is 8.00. The molecule has 0 saturated carbocycles. The fourth-order valence-electron chi connectivity index (χ4n) is 0. The molecule has 0 aliphatic carbocycles. The van der Waals surface area contributed by atoms with Crippen LogP contribution in [0.15, 0.2) is 0 Å². The molecule has 0 heterocycles. The summed E-state index contributed by atoms with van der Waals surface area (Å²) in [6, 6.07) is 0. The van der Waals surface area contributed by atoms with Crippen LogP contribution in [-0.2, 0) is 32.7 Å². The Hall–Kier alpha value is 4.00. The molecule has 0 unspecified atom stereocenters. The van der Waals surface area contributed by atoms with E-state index in [1.165, 1.54) is 0 Å². The van der Waals surface area contributed by atoms with Crippen molar-refractivity contribution in [2.45, 2.75) is 0 Å². The van der Waals surface area contributed by atoms with Crippen molar-refractivity contribution in [1.29, 1.82) is 0 Å². The largest absolute Gasteiger partial charge is 0 e. The maximum absolute atomic E-state index is 0. The fraction of sp³-hybridized carbons (Fsp3) is 0. The van der Waals surface area contributed by atoms with Crippen LogP contribution in [0.5, 0.6) is 0 Å². The van der Waals surface area contributed by atoms with Gasteiger partial charge in [-0.05, 0) is 0 Å². The Morgan fingerprint density at radius 3 is 1.00 bits per heavy atom. The van der Waals surface area contributed by atoms with E-state index in [0.717, 1.165) is 0 Å². The van der Waals surface area contributed by atoms with Gasteiger partial charge in [-0.15, -0.1) is 0 Å². The Kier molecular flexibility index (Phi) is 96.5. The molecule has 0 aliphatic heterocycles. The SMILES string of the molecule is [AlH3].[BiH3].[SrH2].[Y]. The average molecular weight is 421 g/mol. The van der Waals surface area contributed by atoms with Crippen molar-refractivity contribution in [3.05, 3.63) is 0 Å². The zero-order chi connectivity index (χ0) is 0. The topological polar surface area (TPSA) is 0 Å². The van der Waals surface area contributed by atoms with E-state index < -0.39 is 0 Å². The summed E-state index contributed by atoms with van der Waals surface area (Å²) in [5.41, 5.74) is 0. The predicted molar refractivity (Wildman–Crippen MR) is 28.4 cm³/mol. The minimum atomic E-state index is 0. The minimum absolute atomic E-state index is 0. The van der Waals surface area contributed by atoms with E-state index in [2.05, 4.69) is 0 Å². The fourth-order valence-corrected chi connectivity index (χ4v) is 0. The number of hydrogen-bond donors (Lipinski definition) is 0. The van der Waals surface area contributed by atoms with E-state index >= 15 is 0 Å². The molecule has 0 amide bonds. The molecule has 21 valence electrons. The summed E-state index contributed by atoms with van der Waals surface area (Å²) < 4.78 is 0. The number of hydrogen-bond acceptors (Lipinski definition) is 0. The molecular formula is H8AlBiSrY. The summed E-state index contributed by atoms with van der Waals surface area (Å²) in [4.78, 5) is 0. The Morgan fingerprint density at radius 2 is 1.00 bits per heavy atom. The van der Waals surface area contributed by atoms with Gasteiger partial charge in [-0.25, -0.2) is 0 Å². The van der Waals surface area contributed by atoms with Crippen molar-refractivity contribution >= 4 is 89.0 Å². The predicted octanol–water partition coefficient (Wildman–Crippen LogP) is -3.29. The Labute approximate surface area is 118 Å².